The van der Waals surface area contributed by atoms with Crippen molar-refractivity contribution in [3.8, 4) is 11.3 Å². The van der Waals surface area contributed by atoms with Gasteiger partial charge in [0.1, 0.15) is 11.5 Å². The van der Waals surface area contributed by atoms with Gasteiger partial charge in [0.05, 0.1) is 18.4 Å². The number of halogens is 1. The molecule has 27 heavy (non-hydrogen) atoms. The molecule has 1 saturated heterocycles. The molecule has 138 valence electrons. The molecule has 4 rings (SSSR count). The van der Waals surface area contributed by atoms with Gasteiger partial charge in [-0.05, 0) is 35.9 Å². The number of carbonyl (C=O) groups excluding carboxylic acids is 1. The zero-order chi connectivity index (χ0) is 18.6. The molecule has 3 N–H and O–H groups in total. The van der Waals surface area contributed by atoms with Crippen LogP contribution in [0, 0.1) is 5.82 Å². The van der Waals surface area contributed by atoms with Crippen LogP contribution in [0.4, 0.5) is 10.1 Å². The lowest BCUT2D eigenvalue weighted by atomic mass is 10.1. The summed E-state index contributed by atoms with van der Waals surface area (Å²) in [7, 11) is 0. The number of amides is 1. The van der Waals surface area contributed by atoms with Crippen molar-refractivity contribution in [1.82, 2.24) is 15.5 Å². The molecule has 2 heterocycles. The van der Waals surface area contributed by atoms with Gasteiger partial charge in [-0.1, -0.05) is 24.3 Å². The van der Waals surface area contributed by atoms with Gasteiger partial charge < -0.3 is 15.4 Å². The first-order valence-corrected chi connectivity index (χ1v) is 8.74. The number of H-pyrrole nitrogens is 1. The van der Waals surface area contributed by atoms with E-state index in [4.69, 9.17) is 4.74 Å². The summed E-state index contributed by atoms with van der Waals surface area (Å²) in [5, 5.41) is 12.8. The largest absolute Gasteiger partial charge is 0.371 e. The van der Waals surface area contributed by atoms with E-state index in [0.717, 1.165) is 18.7 Å². The molecule has 3 aromatic rings. The number of benzene rings is 2. The fraction of sp³-hybridized carbons (Fsp3) is 0.200. The van der Waals surface area contributed by atoms with E-state index >= 15 is 0 Å². The van der Waals surface area contributed by atoms with Crippen LogP contribution in [0.15, 0.2) is 54.6 Å². The van der Waals surface area contributed by atoms with Crippen LogP contribution >= 0.6 is 0 Å². The fourth-order valence-electron chi connectivity index (χ4n) is 3.00. The van der Waals surface area contributed by atoms with E-state index < -0.39 is 0 Å². The van der Waals surface area contributed by atoms with Gasteiger partial charge in [0.25, 0.3) is 5.91 Å². The molecule has 0 spiro atoms. The van der Waals surface area contributed by atoms with E-state index in [1.165, 1.54) is 12.1 Å². The number of hydrogen-bond acceptors (Lipinski definition) is 4. The van der Waals surface area contributed by atoms with E-state index in [-0.39, 0.29) is 23.5 Å². The van der Waals surface area contributed by atoms with Crippen LogP contribution in [0.25, 0.3) is 11.3 Å². The van der Waals surface area contributed by atoms with E-state index in [0.29, 0.717) is 23.6 Å². The van der Waals surface area contributed by atoms with Crippen LogP contribution in [0.3, 0.4) is 0 Å². The maximum atomic E-state index is 13.9. The Hall–Kier alpha value is -3.03. The standard InChI is InChI=1S/C20H19FN4O2/c21-16-4-2-1-3-15(16)17-11-18(25-24-17)20(26)23-14-7-5-13(6-8-14)19-12-22-9-10-27-19/h1-8,11,19,22H,9-10,12H2,(H,23,26)(H,24,25). The smallest absolute Gasteiger partial charge is 0.273 e. The van der Waals surface area contributed by atoms with Gasteiger partial charge in [-0.25, -0.2) is 4.39 Å². The molecular weight excluding hydrogens is 347 g/mol. The Balaban J connectivity index is 1.44. The van der Waals surface area contributed by atoms with E-state index in [9.17, 15) is 9.18 Å². The van der Waals surface area contributed by atoms with Crippen LogP contribution in [0.1, 0.15) is 22.2 Å². The monoisotopic (exact) mass is 366 g/mol. The minimum atomic E-state index is -0.383. The lowest BCUT2D eigenvalue weighted by Gasteiger charge is -2.24. The summed E-state index contributed by atoms with van der Waals surface area (Å²) in [6.45, 7) is 2.33. The van der Waals surface area contributed by atoms with E-state index in [1.807, 2.05) is 24.3 Å². The van der Waals surface area contributed by atoms with Crippen molar-refractivity contribution >= 4 is 11.6 Å². The van der Waals surface area contributed by atoms with Crippen LogP contribution in [-0.4, -0.2) is 35.8 Å². The highest BCUT2D eigenvalue weighted by atomic mass is 19.1. The molecule has 1 fully saturated rings. The Kier molecular flexibility index (Phi) is 4.95. The molecule has 0 aliphatic carbocycles. The second-order valence-corrected chi connectivity index (χ2v) is 6.29. The number of rotatable bonds is 4. The molecule has 7 heteroatoms. The van der Waals surface area contributed by atoms with Crippen molar-refractivity contribution in [3.05, 3.63) is 71.7 Å². The van der Waals surface area contributed by atoms with Crippen molar-refractivity contribution in [2.75, 3.05) is 25.0 Å². The Morgan fingerprint density at radius 2 is 2.00 bits per heavy atom. The lowest BCUT2D eigenvalue weighted by Crippen LogP contribution is -2.33. The molecule has 1 aromatic heterocycles. The summed E-state index contributed by atoms with van der Waals surface area (Å²) >= 11 is 0. The predicted molar refractivity (Wildman–Crippen MR) is 99.9 cm³/mol. The third-order valence-electron chi connectivity index (χ3n) is 4.44. The number of hydrogen-bond donors (Lipinski definition) is 3. The Labute approximate surface area is 155 Å². The fourth-order valence-corrected chi connectivity index (χ4v) is 3.00. The quantitative estimate of drug-likeness (QED) is 0.663. The van der Waals surface area contributed by atoms with Gasteiger partial charge in [0.2, 0.25) is 0 Å². The van der Waals surface area contributed by atoms with Gasteiger partial charge in [-0.3, -0.25) is 9.89 Å². The highest BCUT2D eigenvalue weighted by Gasteiger charge is 2.16. The molecule has 1 unspecified atom stereocenters. The van der Waals surface area contributed by atoms with Crippen molar-refractivity contribution in [1.29, 1.82) is 0 Å². The zero-order valence-electron chi connectivity index (χ0n) is 14.5. The minimum absolute atomic E-state index is 0.0273. The van der Waals surface area contributed by atoms with Crippen molar-refractivity contribution in [2.24, 2.45) is 0 Å². The number of carbonyl (C=O) groups is 1. The summed E-state index contributed by atoms with van der Waals surface area (Å²) in [5.41, 5.74) is 2.71. The third-order valence-corrected chi connectivity index (χ3v) is 4.44. The maximum Gasteiger partial charge on any atom is 0.273 e. The van der Waals surface area contributed by atoms with Gasteiger partial charge in [0.15, 0.2) is 0 Å². The number of ether oxygens (including phenoxy) is 1. The average molecular weight is 366 g/mol. The number of nitrogens with one attached hydrogen (secondary N) is 3. The predicted octanol–water partition coefficient (Wildman–Crippen LogP) is 3.13. The van der Waals surface area contributed by atoms with Crippen molar-refractivity contribution < 1.29 is 13.9 Å². The van der Waals surface area contributed by atoms with Gasteiger partial charge in [-0.2, -0.15) is 5.10 Å². The molecular formula is C20H19FN4O2. The van der Waals surface area contributed by atoms with Gasteiger partial charge >= 0.3 is 0 Å². The molecule has 1 atom stereocenters. The molecule has 1 aliphatic rings. The highest BCUT2D eigenvalue weighted by molar-refractivity contribution is 6.03. The molecule has 1 aliphatic heterocycles. The van der Waals surface area contributed by atoms with Crippen molar-refractivity contribution in [3.63, 3.8) is 0 Å². The van der Waals surface area contributed by atoms with Crippen LogP contribution in [0.5, 0.6) is 0 Å². The molecule has 2 aromatic carbocycles. The number of nitrogens with zero attached hydrogens (tertiary/aromatic N) is 1. The summed E-state index contributed by atoms with van der Waals surface area (Å²) in [5.74, 6) is -0.723. The first kappa shape index (κ1) is 17.4. The molecule has 0 bridgehead atoms. The second kappa shape index (κ2) is 7.69. The third kappa shape index (κ3) is 3.89. The highest BCUT2D eigenvalue weighted by Crippen LogP contribution is 2.23. The Bertz CT molecular complexity index is 933. The first-order valence-electron chi connectivity index (χ1n) is 8.74. The topological polar surface area (TPSA) is 79.0 Å². The summed E-state index contributed by atoms with van der Waals surface area (Å²) < 4.78 is 19.6. The SMILES string of the molecule is O=C(Nc1ccc(C2CNCCO2)cc1)c1cc(-c2ccccc2F)n[nH]1. The Morgan fingerprint density at radius 1 is 1.19 bits per heavy atom. The Morgan fingerprint density at radius 3 is 2.74 bits per heavy atom. The molecule has 0 saturated carbocycles. The molecule has 0 radical (unpaired) electrons. The summed E-state index contributed by atoms with van der Waals surface area (Å²) in [6, 6.07) is 15.4. The molecule has 1 amide bonds. The normalized spacial score (nSPS) is 16.9. The zero-order valence-corrected chi connectivity index (χ0v) is 14.5. The number of aromatic nitrogens is 2. The van der Waals surface area contributed by atoms with Gasteiger partial charge in [0, 0.05) is 24.3 Å². The summed E-state index contributed by atoms with van der Waals surface area (Å²) in [4.78, 5) is 12.4. The number of morpholine rings is 1. The van der Waals surface area contributed by atoms with E-state index in [2.05, 4.69) is 20.8 Å². The maximum absolute atomic E-state index is 13.9. The lowest BCUT2D eigenvalue weighted by molar-refractivity contribution is 0.0277. The average Bonchev–Trinajstić information content (AvgIpc) is 3.20. The molecule has 6 nitrogen and oxygen atoms in total. The summed E-state index contributed by atoms with van der Waals surface area (Å²) in [6.07, 6.45) is 0.0273. The van der Waals surface area contributed by atoms with Crippen LogP contribution in [0.2, 0.25) is 0 Å². The van der Waals surface area contributed by atoms with Crippen LogP contribution < -0.4 is 10.6 Å². The van der Waals surface area contributed by atoms with Gasteiger partial charge in [-0.15, -0.1) is 0 Å². The number of aromatic amines is 1. The van der Waals surface area contributed by atoms with Crippen LogP contribution in [-0.2, 0) is 4.74 Å². The second-order valence-electron chi connectivity index (χ2n) is 6.29. The van der Waals surface area contributed by atoms with Crippen molar-refractivity contribution in [2.45, 2.75) is 6.10 Å². The first-order chi connectivity index (χ1) is 13.2. The minimum Gasteiger partial charge on any atom is -0.371 e. The number of anilines is 1. The van der Waals surface area contributed by atoms with E-state index in [1.54, 1.807) is 18.2 Å².